The molecule has 0 spiro atoms. The second-order valence-corrected chi connectivity index (χ2v) is 7.02. The van der Waals surface area contributed by atoms with Crippen molar-refractivity contribution in [2.45, 2.75) is 13.8 Å². The Morgan fingerprint density at radius 1 is 1.11 bits per heavy atom. The molecule has 0 saturated carbocycles. The van der Waals surface area contributed by atoms with Gasteiger partial charge in [0.05, 0.1) is 28.4 Å². The van der Waals surface area contributed by atoms with Crippen LogP contribution in [0, 0.1) is 13.8 Å². The summed E-state index contributed by atoms with van der Waals surface area (Å²) in [4.78, 5) is 15.7. The van der Waals surface area contributed by atoms with E-state index in [1.165, 1.54) is 6.07 Å². The van der Waals surface area contributed by atoms with E-state index in [0.717, 1.165) is 22.6 Å². The molecule has 28 heavy (non-hydrogen) atoms. The van der Waals surface area contributed by atoms with Gasteiger partial charge in [0.15, 0.2) is 0 Å². The van der Waals surface area contributed by atoms with Crippen LogP contribution in [-0.4, -0.2) is 29.0 Å². The van der Waals surface area contributed by atoms with E-state index in [1.807, 2.05) is 30.5 Å². The Morgan fingerprint density at radius 3 is 2.46 bits per heavy atom. The van der Waals surface area contributed by atoms with E-state index < -0.39 is 5.97 Å². The van der Waals surface area contributed by atoms with Gasteiger partial charge < -0.3 is 14.4 Å². The van der Waals surface area contributed by atoms with Gasteiger partial charge in [0, 0.05) is 28.9 Å². The number of halogens is 2. The summed E-state index contributed by atoms with van der Waals surface area (Å²) in [7, 11) is 1.56. The summed E-state index contributed by atoms with van der Waals surface area (Å²) in [5, 5.41) is 9.84. The SMILES string of the molecule is COc1ccc(N=Cc2cc(C)n(-c3ccc(C(=O)O)c(Cl)c3)c2C)cc1Cl. The van der Waals surface area contributed by atoms with E-state index in [1.54, 1.807) is 37.6 Å². The van der Waals surface area contributed by atoms with Crippen LogP contribution in [0.4, 0.5) is 5.69 Å². The smallest absolute Gasteiger partial charge is 0.337 e. The second kappa shape index (κ2) is 8.09. The zero-order chi connectivity index (χ0) is 20.4. The average molecular weight is 417 g/mol. The van der Waals surface area contributed by atoms with Gasteiger partial charge >= 0.3 is 5.97 Å². The molecule has 0 aliphatic rings. The summed E-state index contributed by atoms with van der Waals surface area (Å²) in [5.41, 5.74) is 4.45. The molecule has 0 saturated heterocycles. The van der Waals surface area contributed by atoms with Gasteiger partial charge in [-0.2, -0.15) is 0 Å². The third-order valence-corrected chi connectivity index (χ3v) is 5.01. The number of nitrogens with zero attached hydrogens (tertiary/aromatic N) is 2. The molecule has 3 aromatic rings. The Labute approximate surface area is 172 Å². The van der Waals surface area contributed by atoms with Crippen molar-refractivity contribution in [3.8, 4) is 11.4 Å². The molecule has 1 N–H and O–H groups in total. The Morgan fingerprint density at radius 2 is 1.86 bits per heavy atom. The van der Waals surface area contributed by atoms with Crippen molar-refractivity contribution < 1.29 is 14.6 Å². The summed E-state index contributed by atoms with van der Waals surface area (Å²) >= 11 is 12.3. The normalized spacial score (nSPS) is 11.2. The summed E-state index contributed by atoms with van der Waals surface area (Å²) < 4.78 is 7.15. The third kappa shape index (κ3) is 3.91. The molecule has 0 amide bonds. The van der Waals surface area contributed by atoms with E-state index in [9.17, 15) is 4.79 Å². The van der Waals surface area contributed by atoms with Gasteiger partial charge in [-0.25, -0.2) is 4.79 Å². The van der Waals surface area contributed by atoms with Crippen molar-refractivity contribution in [2.24, 2.45) is 4.99 Å². The molecule has 1 aromatic heterocycles. The Hall–Kier alpha value is -2.76. The lowest BCUT2D eigenvalue weighted by Crippen LogP contribution is -2.02. The molecular formula is C21H18Cl2N2O3. The lowest BCUT2D eigenvalue weighted by molar-refractivity contribution is 0.0697. The number of ether oxygens (including phenoxy) is 1. The van der Waals surface area contributed by atoms with Gasteiger partial charge in [-0.3, -0.25) is 4.99 Å². The number of aryl methyl sites for hydroxylation is 1. The number of benzene rings is 2. The first-order valence-electron chi connectivity index (χ1n) is 8.41. The molecule has 0 radical (unpaired) electrons. The molecule has 0 atom stereocenters. The number of aliphatic imine (C=N–C) groups is 1. The predicted octanol–water partition coefficient (Wildman–Crippen LogP) is 5.86. The van der Waals surface area contributed by atoms with E-state index in [-0.39, 0.29) is 10.6 Å². The second-order valence-electron chi connectivity index (χ2n) is 6.21. The first kappa shape index (κ1) is 20.0. The first-order chi connectivity index (χ1) is 13.3. The van der Waals surface area contributed by atoms with E-state index in [0.29, 0.717) is 16.5 Å². The Bertz CT molecular complexity index is 1090. The van der Waals surface area contributed by atoms with Crippen molar-refractivity contribution in [2.75, 3.05) is 7.11 Å². The number of methoxy groups -OCH3 is 1. The molecule has 7 heteroatoms. The van der Waals surface area contributed by atoms with Crippen LogP contribution in [0.15, 0.2) is 47.5 Å². The van der Waals surface area contributed by atoms with Crippen LogP contribution in [0.5, 0.6) is 5.75 Å². The number of carbonyl (C=O) groups is 1. The van der Waals surface area contributed by atoms with Gasteiger partial charge in [0.1, 0.15) is 5.75 Å². The zero-order valence-corrected chi connectivity index (χ0v) is 17.0. The Kier molecular flexibility index (Phi) is 5.77. The van der Waals surface area contributed by atoms with Gasteiger partial charge in [-0.05, 0) is 56.3 Å². The maximum absolute atomic E-state index is 11.2. The molecule has 0 unspecified atom stereocenters. The van der Waals surface area contributed by atoms with E-state index in [2.05, 4.69) is 4.99 Å². The average Bonchev–Trinajstić information content (AvgIpc) is 2.93. The largest absolute Gasteiger partial charge is 0.495 e. The Balaban J connectivity index is 1.95. The number of aromatic carboxylic acids is 1. The highest BCUT2D eigenvalue weighted by atomic mass is 35.5. The number of hydrogen-bond acceptors (Lipinski definition) is 3. The third-order valence-electron chi connectivity index (χ3n) is 4.40. The van der Waals surface area contributed by atoms with E-state index in [4.69, 9.17) is 33.0 Å². The van der Waals surface area contributed by atoms with Crippen molar-refractivity contribution in [3.05, 3.63) is 75.0 Å². The number of rotatable bonds is 5. The number of aromatic nitrogens is 1. The van der Waals surface area contributed by atoms with Crippen molar-refractivity contribution in [1.82, 2.24) is 4.57 Å². The summed E-state index contributed by atoms with van der Waals surface area (Å²) in [6.45, 7) is 3.93. The summed E-state index contributed by atoms with van der Waals surface area (Å²) in [6.07, 6.45) is 1.77. The first-order valence-corrected chi connectivity index (χ1v) is 9.17. The molecule has 5 nitrogen and oxygen atoms in total. The lowest BCUT2D eigenvalue weighted by Gasteiger charge is -2.11. The van der Waals surface area contributed by atoms with Crippen LogP contribution in [0.3, 0.4) is 0 Å². The van der Waals surface area contributed by atoms with Gasteiger partial charge in [-0.1, -0.05) is 23.2 Å². The van der Waals surface area contributed by atoms with Crippen molar-refractivity contribution in [1.29, 1.82) is 0 Å². The minimum absolute atomic E-state index is 0.0750. The highest BCUT2D eigenvalue weighted by Gasteiger charge is 2.13. The fraction of sp³-hybridized carbons (Fsp3) is 0.143. The molecule has 0 aliphatic carbocycles. The molecule has 1 heterocycles. The fourth-order valence-corrected chi connectivity index (χ4v) is 3.52. The molecule has 3 rings (SSSR count). The lowest BCUT2D eigenvalue weighted by atomic mass is 10.2. The molecule has 2 aromatic carbocycles. The fourth-order valence-electron chi connectivity index (χ4n) is 3.01. The number of carboxylic acids is 1. The summed E-state index contributed by atoms with van der Waals surface area (Å²) in [5.74, 6) is -0.455. The predicted molar refractivity (Wildman–Crippen MR) is 112 cm³/mol. The van der Waals surface area contributed by atoms with Gasteiger partial charge in [0.2, 0.25) is 0 Å². The van der Waals surface area contributed by atoms with Crippen LogP contribution in [0.1, 0.15) is 27.3 Å². The highest BCUT2D eigenvalue weighted by Crippen LogP contribution is 2.29. The summed E-state index contributed by atoms with van der Waals surface area (Å²) in [6, 6.07) is 12.2. The number of hydrogen-bond donors (Lipinski definition) is 1. The maximum Gasteiger partial charge on any atom is 0.337 e. The zero-order valence-electron chi connectivity index (χ0n) is 15.5. The van der Waals surface area contributed by atoms with Crippen LogP contribution < -0.4 is 4.74 Å². The van der Waals surface area contributed by atoms with E-state index >= 15 is 0 Å². The monoisotopic (exact) mass is 416 g/mol. The van der Waals surface area contributed by atoms with Crippen LogP contribution in [0.2, 0.25) is 10.0 Å². The van der Waals surface area contributed by atoms with Crippen molar-refractivity contribution >= 4 is 41.1 Å². The molecule has 0 bridgehead atoms. The van der Waals surface area contributed by atoms with Crippen LogP contribution in [-0.2, 0) is 0 Å². The minimum atomic E-state index is -1.05. The highest BCUT2D eigenvalue weighted by molar-refractivity contribution is 6.33. The minimum Gasteiger partial charge on any atom is -0.495 e. The topological polar surface area (TPSA) is 63.8 Å². The standard InChI is InChI=1S/C21H18Cl2N2O3/c1-12-8-14(11-24-15-4-7-20(28-3)19(23)9-15)13(2)25(12)16-5-6-17(21(26)27)18(22)10-16/h4-11H,1-3H3,(H,26,27). The van der Waals surface area contributed by atoms with Gasteiger partial charge in [-0.15, -0.1) is 0 Å². The van der Waals surface area contributed by atoms with Gasteiger partial charge in [0.25, 0.3) is 0 Å². The quantitative estimate of drug-likeness (QED) is 0.529. The van der Waals surface area contributed by atoms with Crippen molar-refractivity contribution in [3.63, 3.8) is 0 Å². The number of carboxylic acid groups (broad SMARTS) is 1. The molecule has 0 fully saturated rings. The van der Waals surface area contributed by atoms with Crippen LogP contribution in [0.25, 0.3) is 5.69 Å². The maximum atomic E-state index is 11.2. The molecule has 144 valence electrons. The molecular weight excluding hydrogens is 399 g/mol. The molecule has 0 aliphatic heterocycles. The van der Waals surface area contributed by atoms with Crippen LogP contribution >= 0.6 is 23.2 Å².